The lowest BCUT2D eigenvalue weighted by Crippen LogP contribution is -2.23. The van der Waals surface area contributed by atoms with Crippen molar-refractivity contribution >= 4 is 39.0 Å². The van der Waals surface area contributed by atoms with Crippen molar-refractivity contribution in [2.45, 2.75) is 22.3 Å². The first-order chi connectivity index (χ1) is 18.1. The van der Waals surface area contributed by atoms with Gasteiger partial charge in [0.25, 0.3) is 0 Å². The number of carboxylic acid groups (broad SMARTS) is 1. The van der Waals surface area contributed by atoms with Crippen molar-refractivity contribution in [2.24, 2.45) is 0 Å². The van der Waals surface area contributed by atoms with E-state index >= 15 is 0 Å². The molecular weight excluding hydrogens is 545 g/mol. The molecule has 4 aromatic carbocycles. The van der Waals surface area contributed by atoms with Gasteiger partial charge in [-0.15, -0.1) is 0 Å². The molecular formula is C29H25Cl2NO5S. The number of halogens is 2. The van der Waals surface area contributed by atoms with Gasteiger partial charge in [-0.3, -0.25) is 0 Å². The van der Waals surface area contributed by atoms with Gasteiger partial charge < -0.3 is 15.5 Å². The van der Waals surface area contributed by atoms with Crippen molar-refractivity contribution in [1.82, 2.24) is 5.32 Å². The second kappa shape index (κ2) is 12.1. The number of benzene rings is 4. The fraction of sp³-hybridized carbons (Fsp3) is 0.138. The molecule has 6 nitrogen and oxygen atoms in total. The number of carboxylic acids is 1. The van der Waals surface area contributed by atoms with E-state index in [1.165, 1.54) is 24.3 Å². The van der Waals surface area contributed by atoms with Gasteiger partial charge in [-0.2, -0.15) is 0 Å². The first kappa shape index (κ1) is 27.8. The number of sulfone groups is 1. The van der Waals surface area contributed by atoms with Crippen molar-refractivity contribution in [1.29, 1.82) is 0 Å². The number of rotatable bonds is 10. The molecule has 0 spiro atoms. The Balaban J connectivity index is 1.38. The lowest BCUT2D eigenvalue weighted by molar-refractivity contribution is 0.0697. The Hall–Kier alpha value is -3.20. The van der Waals surface area contributed by atoms with Gasteiger partial charge in [-0.05, 0) is 78.2 Å². The van der Waals surface area contributed by atoms with Crippen LogP contribution in [-0.4, -0.2) is 37.7 Å². The maximum Gasteiger partial charge on any atom is 0.335 e. The molecule has 4 aromatic rings. The van der Waals surface area contributed by atoms with Crippen molar-refractivity contribution < 1.29 is 23.4 Å². The molecule has 0 heterocycles. The van der Waals surface area contributed by atoms with Gasteiger partial charge in [0.1, 0.15) is 0 Å². The summed E-state index contributed by atoms with van der Waals surface area (Å²) in [6.07, 6.45) is -0.0207. The Bertz CT molecular complexity index is 1540. The van der Waals surface area contributed by atoms with Crippen molar-refractivity contribution in [3.05, 3.63) is 118 Å². The molecule has 9 heteroatoms. The van der Waals surface area contributed by atoms with E-state index in [0.717, 1.165) is 11.1 Å². The van der Waals surface area contributed by atoms with Gasteiger partial charge in [0.2, 0.25) is 9.84 Å². The number of aromatic carboxylic acids is 1. The number of carbonyl (C=O) groups is 1. The summed E-state index contributed by atoms with van der Waals surface area (Å²) in [7, 11) is -3.79. The highest BCUT2D eigenvalue weighted by Crippen LogP contribution is 2.32. The molecule has 38 heavy (non-hydrogen) atoms. The number of hydrogen-bond acceptors (Lipinski definition) is 5. The molecule has 0 fully saturated rings. The van der Waals surface area contributed by atoms with Crippen LogP contribution in [0.3, 0.4) is 0 Å². The van der Waals surface area contributed by atoms with Crippen LogP contribution in [0.5, 0.6) is 0 Å². The Morgan fingerprint density at radius 3 is 2.18 bits per heavy atom. The van der Waals surface area contributed by atoms with Crippen molar-refractivity contribution in [3.63, 3.8) is 0 Å². The van der Waals surface area contributed by atoms with Gasteiger partial charge in [-0.25, -0.2) is 13.2 Å². The summed E-state index contributed by atoms with van der Waals surface area (Å²) in [5.74, 6) is -1.03. The summed E-state index contributed by atoms with van der Waals surface area (Å²) in [5, 5.41) is 23.4. The molecule has 3 N–H and O–H groups in total. The Kier molecular flexibility index (Phi) is 8.87. The average Bonchev–Trinajstić information content (AvgIpc) is 2.91. The molecule has 0 aromatic heterocycles. The highest BCUT2D eigenvalue weighted by atomic mass is 35.5. The number of hydrogen-bond donors (Lipinski definition) is 3. The van der Waals surface area contributed by atoms with Crippen molar-refractivity contribution in [3.8, 4) is 11.1 Å². The van der Waals surface area contributed by atoms with E-state index in [2.05, 4.69) is 5.32 Å². The summed E-state index contributed by atoms with van der Waals surface area (Å²) in [6, 6.07) is 24.5. The molecule has 1 atom stereocenters. The fourth-order valence-electron chi connectivity index (χ4n) is 3.96. The third kappa shape index (κ3) is 6.62. The molecule has 0 unspecified atom stereocenters. The third-order valence-corrected chi connectivity index (χ3v) is 8.40. The first-order valence-electron chi connectivity index (χ1n) is 11.8. The molecule has 0 amide bonds. The lowest BCUT2D eigenvalue weighted by atomic mass is 10.0. The minimum Gasteiger partial charge on any atom is -0.478 e. The van der Waals surface area contributed by atoms with E-state index in [4.69, 9.17) is 28.3 Å². The van der Waals surface area contributed by atoms with Crippen LogP contribution in [0.4, 0.5) is 0 Å². The maximum atomic E-state index is 13.2. The SMILES string of the molecule is O=C(O)c1ccc(-c2ccc(S(=O)(=O)c3ccc(CCNC[C@H](O)c4cccc(Cl)c4)cc3)cc2Cl)cc1. The molecule has 0 aliphatic carbocycles. The number of aliphatic hydroxyl groups excluding tert-OH is 1. The molecule has 196 valence electrons. The predicted octanol–water partition coefficient (Wildman–Crippen LogP) is 6.06. The zero-order valence-corrected chi connectivity index (χ0v) is 22.5. The van der Waals surface area contributed by atoms with E-state index in [9.17, 15) is 18.3 Å². The van der Waals surface area contributed by atoms with Crippen LogP contribution in [0, 0.1) is 0 Å². The molecule has 0 saturated heterocycles. The van der Waals surface area contributed by atoms with E-state index in [0.29, 0.717) is 35.7 Å². The zero-order chi connectivity index (χ0) is 27.3. The Morgan fingerprint density at radius 1 is 0.868 bits per heavy atom. The van der Waals surface area contributed by atoms with Crippen LogP contribution < -0.4 is 5.32 Å². The summed E-state index contributed by atoms with van der Waals surface area (Å²) < 4.78 is 26.4. The summed E-state index contributed by atoms with van der Waals surface area (Å²) in [6.45, 7) is 0.974. The second-order valence-electron chi connectivity index (χ2n) is 8.70. The van der Waals surface area contributed by atoms with Gasteiger partial charge in [0.05, 0.1) is 21.5 Å². The van der Waals surface area contributed by atoms with Gasteiger partial charge >= 0.3 is 5.97 Å². The van der Waals surface area contributed by atoms with Crippen LogP contribution in [0.1, 0.15) is 27.6 Å². The quantitative estimate of drug-likeness (QED) is 0.201. The third-order valence-electron chi connectivity index (χ3n) is 6.09. The Morgan fingerprint density at radius 2 is 1.55 bits per heavy atom. The Labute approximate surface area is 231 Å². The van der Waals surface area contributed by atoms with E-state index in [1.54, 1.807) is 60.7 Å². The van der Waals surface area contributed by atoms with Crippen molar-refractivity contribution in [2.75, 3.05) is 13.1 Å². The first-order valence-corrected chi connectivity index (χ1v) is 14.0. The molecule has 0 aliphatic rings. The average molecular weight is 570 g/mol. The van der Waals surface area contributed by atoms with Crippen LogP contribution in [0.15, 0.2) is 101 Å². The zero-order valence-electron chi connectivity index (χ0n) is 20.1. The van der Waals surface area contributed by atoms with Crippen LogP contribution >= 0.6 is 23.2 Å². The maximum absolute atomic E-state index is 13.2. The molecule has 0 bridgehead atoms. The number of nitrogens with one attached hydrogen (secondary N) is 1. The van der Waals surface area contributed by atoms with Gasteiger partial charge in [-0.1, -0.05) is 65.7 Å². The number of aliphatic hydroxyl groups is 1. The van der Waals surface area contributed by atoms with Crippen LogP contribution in [-0.2, 0) is 16.3 Å². The van der Waals surface area contributed by atoms with E-state index in [-0.39, 0.29) is 20.4 Å². The smallest absolute Gasteiger partial charge is 0.335 e. The van der Waals surface area contributed by atoms with E-state index < -0.39 is 21.9 Å². The highest BCUT2D eigenvalue weighted by molar-refractivity contribution is 7.91. The van der Waals surface area contributed by atoms with Gasteiger partial charge in [0.15, 0.2) is 0 Å². The van der Waals surface area contributed by atoms with E-state index in [1.807, 2.05) is 6.07 Å². The summed E-state index contributed by atoms with van der Waals surface area (Å²) >= 11 is 12.4. The molecule has 0 radical (unpaired) electrons. The van der Waals surface area contributed by atoms with Gasteiger partial charge in [0, 0.05) is 22.2 Å². The normalized spacial score (nSPS) is 12.3. The summed E-state index contributed by atoms with van der Waals surface area (Å²) in [5.41, 5.74) is 3.13. The monoisotopic (exact) mass is 569 g/mol. The highest BCUT2D eigenvalue weighted by Gasteiger charge is 2.19. The molecule has 0 saturated carbocycles. The lowest BCUT2D eigenvalue weighted by Gasteiger charge is -2.13. The molecule has 4 rings (SSSR count). The largest absolute Gasteiger partial charge is 0.478 e. The summed E-state index contributed by atoms with van der Waals surface area (Å²) in [4.78, 5) is 11.3. The van der Waals surface area contributed by atoms with Crippen LogP contribution in [0.2, 0.25) is 10.0 Å². The minimum absolute atomic E-state index is 0.0674. The predicted molar refractivity (Wildman–Crippen MR) is 149 cm³/mol. The topological polar surface area (TPSA) is 104 Å². The minimum atomic E-state index is -3.79. The fourth-order valence-corrected chi connectivity index (χ4v) is 5.80. The standard InChI is InChI=1S/C29H25Cl2NO5S/c30-23-3-1-2-22(16-23)28(33)18-32-15-14-19-4-10-24(11-5-19)38(36,37)25-12-13-26(27(31)17-25)20-6-8-21(9-7-20)29(34)35/h1-13,16-17,28,32-33H,14-15,18H2,(H,34,35)/t28-/m0/s1. The van der Waals surface area contributed by atoms with Crippen LogP contribution in [0.25, 0.3) is 11.1 Å². The second-order valence-corrected chi connectivity index (χ2v) is 11.5. The molecule has 0 aliphatic heterocycles.